The van der Waals surface area contributed by atoms with Gasteiger partial charge in [0.1, 0.15) is 6.29 Å². The van der Waals surface area contributed by atoms with Crippen LogP contribution in [0.4, 0.5) is 0 Å². The van der Waals surface area contributed by atoms with Crippen LogP contribution in [0.3, 0.4) is 0 Å². The third-order valence-corrected chi connectivity index (χ3v) is 3.34. The molecule has 0 bridgehead atoms. The van der Waals surface area contributed by atoms with E-state index in [0.29, 0.717) is 0 Å². The summed E-state index contributed by atoms with van der Waals surface area (Å²) in [6.07, 6.45) is 7.65. The van der Waals surface area contributed by atoms with Crippen molar-refractivity contribution in [1.29, 1.82) is 0 Å². The van der Waals surface area contributed by atoms with Crippen LogP contribution in [0.25, 0.3) is 0 Å². The molecule has 0 spiro atoms. The number of allylic oxidation sites excluding steroid dienone is 3. The molecule has 0 saturated heterocycles. The van der Waals surface area contributed by atoms with Crippen LogP contribution < -0.4 is 0 Å². The van der Waals surface area contributed by atoms with Crippen molar-refractivity contribution in [2.45, 2.75) is 46.5 Å². The fourth-order valence-electron chi connectivity index (χ4n) is 2.28. The highest BCUT2D eigenvalue weighted by Crippen LogP contribution is 2.42. The van der Waals surface area contributed by atoms with Crippen LogP contribution >= 0.6 is 0 Å². The minimum atomic E-state index is -0.0371. The summed E-state index contributed by atoms with van der Waals surface area (Å²) in [7, 11) is 0. The number of carbonyl (C=O) groups excluding carboxylic acids is 1. The van der Waals surface area contributed by atoms with E-state index in [1.54, 1.807) is 0 Å². The number of hydrogen-bond donors (Lipinski definition) is 0. The third kappa shape index (κ3) is 2.80. The predicted molar refractivity (Wildman–Crippen MR) is 64.7 cm³/mol. The Morgan fingerprint density at radius 2 is 2.27 bits per heavy atom. The van der Waals surface area contributed by atoms with Crippen LogP contribution in [0.2, 0.25) is 0 Å². The highest BCUT2D eigenvalue weighted by atomic mass is 16.1. The zero-order valence-corrected chi connectivity index (χ0v) is 10.2. The second-order valence-corrected chi connectivity index (χ2v) is 5.18. The Morgan fingerprint density at radius 3 is 2.80 bits per heavy atom. The van der Waals surface area contributed by atoms with Crippen molar-refractivity contribution in [3.63, 3.8) is 0 Å². The molecule has 0 radical (unpaired) electrons. The largest absolute Gasteiger partial charge is 0.302 e. The van der Waals surface area contributed by atoms with Gasteiger partial charge in [-0.25, -0.2) is 0 Å². The number of carbonyl (C=O) groups is 1. The predicted octanol–water partition coefficient (Wildman–Crippen LogP) is 3.90. The minimum absolute atomic E-state index is 0.0371. The Bertz CT molecular complexity index is 284. The van der Waals surface area contributed by atoms with Crippen LogP contribution in [-0.4, -0.2) is 6.29 Å². The first-order valence-corrected chi connectivity index (χ1v) is 5.85. The van der Waals surface area contributed by atoms with E-state index in [0.717, 1.165) is 24.7 Å². The average Bonchev–Trinajstić information content (AvgIpc) is 2.15. The van der Waals surface area contributed by atoms with Gasteiger partial charge in [0.15, 0.2) is 0 Å². The van der Waals surface area contributed by atoms with Crippen molar-refractivity contribution < 1.29 is 4.79 Å². The maximum Gasteiger partial charge on any atom is 0.130 e. The van der Waals surface area contributed by atoms with Crippen molar-refractivity contribution in [2.24, 2.45) is 11.3 Å². The lowest BCUT2D eigenvalue weighted by molar-refractivity contribution is -0.109. The zero-order chi connectivity index (χ0) is 11.5. The van der Waals surface area contributed by atoms with Gasteiger partial charge in [0.25, 0.3) is 0 Å². The van der Waals surface area contributed by atoms with Crippen molar-refractivity contribution in [3.8, 4) is 0 Å². The minimum Gasteiger partial charge on any atom is -0.302 e. The van der Waals surface area contributed by atoms with Gasteiger partial charge in [-0.3, -0.25) is 0 Å². The molecular formula is C14H22O. The van der Waals surface area contributed by atoms with E-state index in [2.05, 4.69) is 33.4 Å². The summed E-state index contributed by atoms with van der Waals surface area (Å²) >= 11 is 0. The van der Waals surface area contributed by atoms with Crippen molar-refractivity contribution in [1.82, 2.24) is 0 Å². The van der Waals surface area contributed by atoms with Crippen molar-refractivity contribution >= 4 is 6.29 Å². The second kappa shape index (κ2) is 4.78. The van der Waals surface area contributed by atoms with E-state index in [1.165, 1.54) is 18.4 Å². The fourth-order valence-corrected chi connectivity index (χ4v) is 2.28. The lowest BCUT2D eigenvalue weighted by Gasteiger charge is -2.35. The number of unbranched alkanes of at least 4 members (excludes halogenated alkanes) is 1. The van der Waals surface area contributed by atoms with Gasteiger partial charge < -0.3 is 4.79 Å². The molecule has 0 amide bonds. The third-order valence-electron chi connectivity index (χ3n) is 3.34. The summed E-state index contributed by atoms with van der Waals surface area (Å²) in [5.74, 6) is -0.0371. The molecule has 1 atom stereocenters. The van der Waals surface area contributed by atoms with E-state index >= 15 is 0 Å². The maximum atomic E-state index is 10.9. The molecule has 1 unspecified atom stereocenters. The molecule has 1 heteroatoms. The molecule has 1 nitrogen and oxygen atoms in total. The maximum absolute atomic E-state index is 10.9. The van der Waals surface area contributed by atoms with E-state index in [1.807, 2.05) is 0 Å². The van der Waals surface area contributed by atoms with Crippen LogP contribution in [0.15, 0.2) is 23.8 Å². The van der Waals surface area contributed by atoms with Crippen LogP contribution in [0, 0.1) is 11.3 Å². The van der Waals surface area contributed by atoms with Gasteiger partial charge in [0, 0.05) is 0 Å². The molecule has 0 aromatic heterocycles. The summed E-state index contributed by atoms with van der Waals surface area (Å²) in [6, 6.07) is 0. The van der Waals surface area contributed by atoms with Gasteiger partial charge in [-0.15, -0.1) is 0 Å². The summed E-state index contributed by atoms with van der Waals surface area (Å²) < 4.78 is 0. The van der Waals surface area contributed by atoms with Gasteiger partial charge >= 0.3 is 0 Å². The van der Waals surface area contributed by atoms with Crippen LogP contribution in [0.5, 0.6) is 0 Å². The monoisotopic (exact) mass is 206 g/mol. The number of hydrogen-bond acceptors (Lipinski definition) is 1. The SMILES string of the molecule is C=C1CC(C)(C)C(CCCC)=CC1C=O. The van der Waals surface area contributed by atoms with E-state index in [9.17, 15) is 4.79 Å². The summed E-state index contributed by atoms with van der Waals surface area (Å²) in [4.78, 5) is 10.9. The van der Waals surface area contributed by atoms with Gasteiger partial charge in [0.2, 0.25) is 0 Å². The Labute approximate surface area is 93.3 Å². The zero-order valence-electron chi connectivity index (χ0n) is 10.2. The summed E-state index contributed by atoms with van der Waals surface area (Å²) in [6.45, 7) is 10.7. The Balaban J connectivity index is 2.87. The molecule has 0 aliphatic heterocycles. The molecule has 1 aliphatic carbocycles. The first-order chi connectivity index (χ1) is 7.01. The highest BCUT2D eigenvalue weighted by molar-refractivity contribution is 5.63. The van der Waals surface area contributed by atoms with Gasteiger partial charge in [-0.1, -0.05) is 51.0 Å². The lowest BCUT2D eigenvalue weighted by Crippen LogP contribution is -2.24. The molecule has 0 saturated carbocycles. The standard InChI is InChI=1S/C14H22O/c1-5-6-7-13-8-12(10-15)11(2)9-14(13,3)4/h8,10,12H,2,5-7,9H2,1,3-4H3. The Hall–Kier alpha value is -0.850. The molecule has 15 heavy (non-hydrogen) atoms. The summed E-state index contributed by atoms with van der Waals surface area (Å²) in [5.41, 5.74) is 2.70. The Morgan fingerprint density at radius 1 is 1.60 bits per heavy atom. The van der Waals surface area contributed by atoms with Crippen LogP contribution in [-0.2, 0) is 4.79 Å². The van der Waals surface area contributed by atoms with E-state index < -0.39 is 0 Å². The molecular weight excluding hydrogens is 184 g/mol. The highest BCUT2D eigenvalue weighted by Gasteiger charge is 2.30. The van der Waals surface area contributed by atoms with Gasteiger partial charge in [-0.2, -0.15) is 0 Å². The molecule has 0 N–H and O–H groups in total. The molecule has 84 valence electrons. The number of aldehydes is 1. The first-order valence-electron chi connectivity index (χ1n) is 5.85. The molecule has 0 aromatic rings. The summed E-state index contributed by atoms with van der Waals surface area (Å²) in [5, 5.41) is 0. The normalized spacial score (nSPS) is 24.9. The fraction of sp³-hybridized carbons (Fsp3) is 0.643. The molecule has 0 fully saturated rings. The lowest BCUT2D eigenvalue weighted by atomic mass is 9.69. The average molecular weight is 206 g/mol. The van der Waals surface area contributed by atoms with Crippen molar-refractivity contribution in [3.05, 3.63) is 23.8 Å². The molecule has 1 rings (SSSR count). The van der Waals surface area contributed by atoms with Gasteiger partial charge in [0.05, 0.1) is 5.92 Å². The second-order valence-electron chi connectivity index (χ2n) is 5.18. The molecule has 1 aliphatic rings. The smallest absolute Gasteiger partial charge is 0.130 e. The topological polar surface area (TPSA) is 17.1 Å². The number of rotatable bonds is 4. The Kier molecular flexibility index (Phi) is 3.90. The van der Waals surface area contributed by atoms with Crippen molar-refractivity contribution in [2.75, 3.05) is 0 Å². The molecule has 0 aromatic carbocycles. The van der Waals surface area contributed by atoms with Gasteiger partial charge in [-0.05, 0) is 24.7 Å². The van der Waals surface area contributed by atoms with E-state index in [4.69, 9.17) is 0 Å². The molecule has 0 heterocycles. The quantitative estimate of drug-likeness (QED) is 0.503. The first kappa shape index (κ1) is 12.2. The van der Waals surface area contributed by atoms with Crippen LogP contribution in [0.1, 0.15) is 46.5 Å². The van der Waals surface area contributed by atoms with E-state index in [-0.39, 0.29) is 11.3 Å².